The number of hydrogen-bond donors (Lipinski definition) is 2. The van der Waals surface area contributed by atoms with Crippen molar-refractivity contribution in [2.45, 2.75) is 19.1 Å². The molecule has 4 aromatic rings. The van der Waals surface area contributed by atoms with Gasteiger partial charge in [0.2, 0.25) is 0 Å². The molecule has 33 heavy (non-hydrogen) atoms. The van der Waals surface area contributed by atoms with Gasteiger partial charge in [0.1, 0.15) is 12.6 Å². The number of hydrogen-bond acceptors (Lipinski definition) is 6. The highest BCUT2D eigenvalue weighted by molar-refractivity contribution is 7.12. The summed E-state index contributed by atoms with van der Waals surface area (Å²) in [5.41, 5.74) is 2.85. The first kappa shape index (κ1) is 22.3. The highest BCUT2D eigenvalue weighted by Crippen LogP contribution is 2.20. The molecule has 2 N–H and O–H groups in total. The van der Waals surface area contributed by atoms with Crippen LogP contribution in [-0.4, -0.2) is 36.0 Å². The second kappa shape index (κ2) is 10.1. The predicted octanol–water partition coefficient (Wildman–Crippen LogP) is 4.10. The Balaban J connectivity index is 1.51. The third kappa shape index (κ3) is 5.30. The molecule has 0 fully saturated rings. The Morgan fingerprint density at radius 3 is 2.70 bits per heavy atom. The van der Waals surface area contributed by atoms with E-state index in [1.807, 2.05) is 30.5 Å². The van der Waals surface area contributed by atoms with Gasteiger partial charge in [-0.15, -0.1) is 11.3 Å². The number of fused-ring (bicyclic) bond motifs is 1. The van der Waals surface area contributed by atoms with Gasteiger partial charge in [0.15, 0.2) is 0 Å². The Hall–Kier alpha value is -3.91. The average Bonchev–Trinajstić information content (AvgIpc) is 3.52. The van der Waals surface area contributed by atoms with Crippen LogP contribution in [0.2, 0.25) is 0 Å². The average molecular weight is 463 g/mol. The van der Waals surface area contributed by atoms with Crippen molar-refractivity contribution >= 4 is 40.1 Å². The summed E-state index contributed by atoms with van der Waals surface area (Å²) in [7, 11) is 1.31. The number of aromatic nitrogens is 1. The van der Waals surface area contributed by atoms with Gasteiger partial charge in [0.05, 0.1) is 17.6 Å². The minimum Gasteiger partial charge on any atom is -0.465 e. The molecule has 0 unspecified atom stereocenters. The normalized spacial score (nSPS) is 11.7. The second-order valence-electron chi connectivity index (χ2n) is 7.37. The number of aromatic amines is 1. The molecule has 0 saturated carbocycles. The number of methoxy groups -OCH3 is 1. The van der Waals surface area contributed by atoms with Gasteiger partial charge in [0, 0.05) is 23.5 Å². The molecule has 2 heterocycles. The van der Waals surface area contributed by atoms with Gasteiger partial charge in [-0.1, -0.05) is 36.4 Å². The molecule has 1 atom stereocenters. The first-order valence-electron chi connectivity index (χ1n) is 10.3. The third-order valence-electron chi connectivity index (χ3n) is 5.16. The topological polar surface area (TPSA) is 97.5 Å². The van der Waals surface area contributed by atoms with Gasteiger partial charge in [0.25, 0.3) is 5.91 Å². The molecule has 0 bridgehead atoms. The number of carbonyl (C=O) groups excluding carboxylic acids is 3. The van der Waals surface area contributed by atoms with Crippen molar-refractivity contribution in [2.24, 2.45) is 0 Å². The summed E-state index contributed by atoms with van der Waals surface area (Å²) in [4.78, 5) is 41.1. The molecule has 2 aromatic heterocycles. The van der Waals surface area contributed by atoms with Crippen molar-refractivity contribution in [1.82, 2.24) is 10.3 Å². The quantitative estimate of drug-likeness (QED) is 0.384. The van der Waals surface area contributed by atoms with Crippen LogP contribution in [0.4, 0.5) is 0 Å². The van der Waals surface area contributed by atoms with Gasteiger partial charge in [-0.2, -0.15) is 0 Å². The zero-order chi connectivity index (χ0) is 23.2. The molecule has 0 radical (unpaired) electrons. The van der Waals surface area contributed by atoms with E-state index in [-0.39, 0.29) is 18.9 Å². The summed E-state index contributed by atoms with van der Waals surface area (Å²) < 4.78 is 10.3. The van der Waals surface area contributed by atoms with Crippen molar-refractivity contribution in [3.63, 3.8) is 0 Å². The number of thiophene rings is 1. The number of benzene rings is 2. The smallest absolute Gasteiger partial charge is 0.337 e. The fourth-order valence-corrected chi connectivity index (χ4v) is 4.14. The monoisotopic (exact) mass is 462 g/mol. The maximum absolute atomic E-state index is 13.0. The lowest BCUT2D eigenvalue weighted by Gasteiger charge is -2.17. The van der Waals surface area contributed by atoms with Crippen LogP contribution >= 0.6 is 11.3 Å². The van der Waals surface area contributed by atoms with Gasteiger partial charge in [-0.05, 0) is 40.8 Å². The van der Waals surface area contributed by atoms with Crippen molar-refractivity contribution in [1.29, 1.82) is 0 Å². The van der Waals surface area contributed by atoms with Gasteiger partial charge in [-0.3, -0.25) is 4.79 Å². The standard InChI is InChI=1S/C25H22N2O5S/c1-31-24(29)17-7-4-6-16(12-17)15-32-25(30)21(27-23(28)22-10-5-11-33-22)13-18-14-26-20-9-3-2-8-19(18)20/h2-12,14,21,26H,13,15H2,1H3,(H,27,28)/t21-/m0/s1. The lowest BCUT2D eigenvalue weighted by atomic mass is 10.0. The highest BCUT2D eigenvalue weighted by Gasteiger charge is 2.25. The first-order valence-corrected chi connectivity index (χ1v) is 11.2. The van der Waals surface area contributed by atoms with Crippen molar-refractivity contribution in [3.8, 4) is 0 Å². The third-order valence-corrected chi connectivity index (χ3v) is 6.03. The first-order chi connectivity index (χ1) is 16.0. The summed E-state index contributed by atoms with van der Waals surface area (Å²) in [6, 6.07) is 17.0. The Morgan fingerprint density at radius 1 is 1.06 bits per heavy atom. The van der Waals surface area contributed by atoms with Crippen LogP contribution in [0.1, 0.15) is 31.2 Å². The lowest BCUT2D eigenvalue weighted by Crippen LogP contribution is -2.43. The number of carbonyl (C=O) groups is 3. The van der Waals surface area contributed by atoms with Crippen LogP contribution in [0.15, 0.2) is 72.2 Å². The van der Waals surface area contributed by atoms with Crippen molar-refractivity contribution in [2.75, 3.05) is 7.11 Å². The number of esters is 2. The van der Waals surface area contributed by atoms with Crippen LogP contribution in [0, 0.1) is 0 Å². The molecule has 0 aliphatic carbocycles. The number of para-hydroxylation sites is 1. The van der Waals surface area contributed by atoms with Gasteiger partial charge < -0.3 is 19.8 Å². The molecule has 0 aliphatic rings. The number of ether oxygens (including phenoxy) is 2. The molecule has 2 aromatic carbocycles. The maximum Gasteiger partial charge on any atom is 0.337 e. The fraction of sp³-hybridized carbons (Fsp3) is 0.160. The van der Waals surface area contributed by atoms with E-state index in [1.165, 1.54) is 18.4 Å². The van der Waals surface area contributed by atoms with Crippen LogP contribution in [0.5, 0.6) is 0 Å². The predicted molar refractivity (Wildman–Crippen MR) is 125 cm³/mol. The van der Waals surface area contributed by atoms with Gasteiger partial charge >= 0.3 is 11.9 Å². The van der Waals surface area contributed by atoms with Crippen LogP contribution in [0.3, 0.4) is 0 Å². The number of rotatable bonds is 8. The number of H-pyrrole nitrogens is 1. The highest BCUT2D eigenvalue weighted by atomic mass is 32.1. The minimum atomic E-state index is -0.886. The molecule has 1 amide bonds. The van der Waals surface area contributed by atoms with E-state index >= 15 is 0 Å². The van der Waals surface area contributed by atoms with Crippen molar-refractivity contribution < 1.29 is 23.9 Å². The number of amides is 1. The summed E-state index contributed by atoms with van der Waals surface area (Å²) in [6.45, 7) is -0.0388. The summed E-state index contributed by atoms with van der Waals surface area (Å²) in [6.07, 6.45) is 2.10. The molecule has 4 rings (SSSR count). The van der Waals surface area contributed by atoms with E-state index in [0.29, 0.717) is 16.0 Å². The summed E-state index contributed by atoms with van der Waals surface area (Å²) in [5, 5.41) is 5.59. The van der Waals surface area contributed by atoms with Crippen LogP contribution in [-0.2, 0) is 27.3 Å². The summed E-state index contributed by atoms with van der Waals surface area (Å²) in [5.74, 6) is -1.36. The van der Waals surface area contributed by atoms with E-state index in [0.717, 1.165) is 16.5 Å². The molecular formula is C25H22N2O5S. The molecule has 7 nitrogen and oxygen atoms in total. The number of nitrogens with one attached hydrogen (secondary N) is 2. The van der Waals surface area contributed by atoms with Crippen LogP contribution in [0.25, 0.3) is 10.9 Å². The zero-order valence-corrected chi connectivity index (χ0v) is 18.7. The fourth-order valence-electron chi connectivity index (χ4n) is 3.51. The Bertz CT molecular complexity index is 1280. The van der Waals surface area contributed by atoms with E-state index in [2.05, 4.69) is 10.3 Å². The largest absolute Gasteiger partial charge is 0.465 e. The van der Waals surface area contributed by atoms with E-state index in [9.17, 15) is 14.4 Å². The van der Waals surface area contributed by atoms with E-state index in [1.54, 1.807) is 41.8 Å². The molecule has 8 heteroatoms. The van der Waals surface area contributed by atoms with Crippen molar-refractivity contribution in [3.05, 3.63) is 93.8 Å². The van der Waals surface area contributed by atoms with E-state index < -0.39 is 18.0 Å². The Morgan fingerprint density at radius 2 is 1.91 bits per heavy atom. The summed E-state index contributed by atoms with van der Waals surface area (Å²) >= 11 is 1.30. The van der Waals surface area contributed by atoms with Gasteiger partial charge in [-0.25, -0.2) is 9.59 Å². The second-order valence-corrected chi connectivity index (χ2v) is 8.31. The molecule has 0 spiro atoms. The molecule has 0 aliphatic heterocycles. The Labute approximate surface area is 194 Å². The van der Waals surface area contributed by atoms with Crippen LogP contribution < -0.4 is 5.32 Å². The Kier molecular flexibility index (Phi) is 6.85. The molecule has 168 valence electrons. The SMILES string of the molecule is COC(=O)c1cccc(COC(=O)[C@H](Cc2c[nH]c3ccccc23)NC(=O)c2cccs2)c1. The molecule has 0 saturated heterocycles. The maximum atomic E-state index is 13.0. The minimum absolute atomic E-state index is 0.0388. The lowest BCUT2D eigenvalue weighted by molar-refractivity contribution is -0.147. The zero-order valence-electron chi connectivity index (χ0n) is 17.9. The molecular weight excluding hydrogens is 440 g/mol. The van der Waals surface area contributed by atoms with E-state index in [4.69, 9.17) is 9.47 Å².